The maximum atomic E-state index is 9.92. The average molecular weight is 238 g/mol. The summed E-state index contributed by atoms with van der Waals surface area (Å²) >= 11 is 1.25. The second-order valence-electron chi connectivity index (χ2n) is 3.59. The van der Waals surface area contributed by atoms with Crippen molar-refractivity contribution in [2.45, 2.75) is 32.4 Å². The summed E-state index contributed by atoms with van der Waals surface area (Å²) in [7, 11) is 0. The lowest BCUT2D eigenvalue weighted by atomic mass is 10.2. The first kappa shape index (κ1) is 11.2. The Balaban J connectivity index is 2.06. The highest BCUT2D eigenvalue weighted by Gasteiger charge is 2.14. The zero-order valence-electron chi connectivity index (χ0n) is 9.08. The van der Waals surface area contributed by atoms with E-state index in [4.69, 9.17) is 0 Å². The molecule has 0 aliphatic carbocycles. The van der Waals surface area contributed by atoms with Crippen LogP contribution >= 0.6 is 11.5 Å². The van der Waals surface area contributed by atoms with E-state index in [1.807, 2.05) is 6.20 Å². The van der Waals surface area contributed by atoms with Crippen LogP contribution in [0.1, 0.15) is 31.0 Å². The fourth-order valence-corrected chi connectivity index (χ4v) is 2.07. The number of aliphatic hydroxyl groups is 1. The molecule has 2 rings (SSSR count). The fourth-order valence-electron chi connectivity index (χ4n) is 1.57. The minimum Gasteiger partial charge on any atom is -0.386 e. The van der Waals surface area contributed by atoms with E-state index in [0.29, 0.717) is 12.1 Å². The summed E-state index contributed by atoms with van der Waals surface area (Å²) in [6, 6.07) is 0. The zero-order valence-corrected chi connectivity index (χ0v) is 9.89. The van der Waals surface area contributed by atoms with Gasteiger partial charge in [0.05, 0.1) is 0 Å². The fraction of sp³-hybridized carbons (Fsp3) is 0.500. The monoisotopic (exact) mass is 238 g/mol. The molecule has 6 heteroatoms. The Bertz CT molecular complexity index is 426. The second kappa shape index (κ2) is 5.18. The summed E-state index contributed by atoms with van der Waals surface area (Å²) in [5, 5.41) is 15.5. The highest BCUT2D eigenvalue weighted by Crippen LogP contribution is 2.16. The van der Waals surface area contributed by atoms with Crippen molar-refractivity contribution >= 4 is 11.5 Å². The number of aromatic nitrogens is 4. The van der Waals surface area contributed by atoms with Gasteiger partial charge in [-0.15, -0.1) is 5.10 Å². The van der Waals surface area contributed by atoms with Crippen LogP contribution in [0.3, 0.4) is 0 Å². The number of aliphatic hydroxyl groups excluding tert-OH is 1. The molecule has 0 fully saturated rings. The molecule has 5 nitrogen and oxygen atoms in total. The Kier molecular flexibility index (Phi) is 3.63. The van der Waals surface area contributed by atoms with Crippen LogP contribution in [-0.2, 0) is 13.0 Å². The van der Waals surface area contributed by atoms with E-state index in [9.17, 15) is 5.11 Å². The number of hydrogen-bond acceptors (Lipinski definition) is 5. The molecule has 1 N–H and O–H groups in total. The van der Waals surface area contributed by atoms with Gasteiger partial charge >= 0.3 is 0 Å². The second-order valence-corrected chi connectivity index (χ2v) is 4.20. The maximum Gasteiger partial charge on any atom is 0.111 e. The molecule has 1 unspecified atom stereocenters. The molecule has 1 atom stereocenters. The number of hydrogen-bond donors (Lipinski definition) is 1. The average Bonchev–Trinajstić information content (AvgIpc) is 2.90. The van der Waals surface area contributed by atoms with Crippen molar-refractivity contribution < 1.29 is 5.11 Å². The van der Waals surface area contributed by atoms with Crippen LogP contribution in [0.2, 0.25) is 0 Å². The quantitative estimate of drug-likeness (QED) is 0.855. The Morgan fingerprint density at radius 2 is 2.44 bits per heavy atom. The lowest BCUT2D eigenvalue weighted by Crippen LogP contribution is -2.09. The summed E-state index contributed by atoms with van der Waals surface area (Å²) in [5.74, 6) is 0.891. The molecule has 0 saturated carbocycles. The Hall–Kier alpha value is -1.27. The first-order valence-electron chi connectivity index (χ1n) is 5.26. The largest absolute Gasteiger partial charge is 0.386 e. The van der Waals surface area contributed by atoms with E-state index >= 15 is 0 Å². The van der Waals surface area contributed by atoms with Gasteiger partial charge in [0.1, 0.15) is 17.6 Å². The van der Waals surface area contributed by atoms with Gasteiger partial charge < -0.3 is 9.67 Å². The van der Waals surface area contributed by atoms with Crippen LogP contribution in [0.25, 0.3) is 0 Å². The molecule has 0 amide bonds. The van der Waals surface area contributed by atoms with Gasteiger partial charge in [0, 0.05) is 30.7 Å². The van der Waals surface area contributed by atoms with E-state index in [-0.39, 0.29) is 0 Å². The standard InChI is InChI=1S/C10H14N4OS/c1-2-4-14-5-3-11-10(14)6-9(15)8-7-16-13-12-8/h3,5,7,9,15H,2,4,6H2,1H3. The summed E-state index contributed by atoms with van der Waals surface area (Å²) in [6.07, 6.45) is 4.62. The van der Waals surface area contributed by atoms with Crippen LogP contribution in [0.15, 0.2) is 17.8 Å². The molecule has 2 aromatic heterocycles. The van der Waals surface area contributed by atoms with Crippen molar-refractivity contribution in [2.75, 3.05) is 0 Å². The van der Waals surface area contributed by atoms with Crippen LogP contribution in [0, 0.1) is 0 Å². The smallest absolute Gasteiger partial charge is 0.111 e. The van der Waals surface area contributed by atoms with Gasteiger partial charge in [-0.05, 0) is 18.0 Å². The van der Waals surface area contributed by atoms with E-state index in [1.54, 1.807) is 11.6 Å². The first-order valence-corrected chi connectivity index (χ1v) is 6.10. The van der Waals surface area contributed by atoms with Crippen molar-refractivity contribution in [3.05, 3.63) is 29.3 Å². The summed E-state index contributed by atoms with van der Waals surface area (Å²) in [6.45, 7) is 3.04. The van der Waals surface area contributed by atoms with Crippen molar-refractivity contribution in [3.63, 3.8) is 0 Å². The molecule has 0 aliphatic rings. The van der Waals surface area contributed by atoms with Crippen LogP contribution in [0.4, 0.5) is 0 Å². The van der Waals surface area contributed by atoms with E-state index in [1.165, 1.54) is 11.5 Å². The van der Waals surface area contributed by atoms with Gasteiger partial charge in [0.25, 0.3) is 0 Å². The maximum absolute atomic E-state index is 9.92. The lowest BCUT2D eigenvalue weighted by Gasteiger charge is -2.09. The lowest BCUT2D eigenvalue weighted by molar-refractivity contribution is 0.169. The van der Waals surface area contributed by atoms with Gasteiger partial charge in [-0.2, -0.15) is 0 Å². The van der Waals surface area contributed by atoms with Gasteiger partial charge in [0.15, 0.2) is 0 Å². The zero-order chi connectivity index (χ0) is 11.4. The third-order valence-corrected chi connectivity index (χ3v) is 2.88. The molecule has 0 saturated heterocycles. The summed E-state index contributed by atoms with van der Waals surface area (Å²) in [4.78, 5) is 4.24. The Morgan fingerprint density at radius 3 is 3.12 bits per heavy atom. The molecule has 2 heterocycles. The SMILES string of the molecule is CCCn1ccnc1CC(O)c1csnn1. The predicted octanol–water partition coefficient (Wildman–Crippen LogP) is 1.42. The Morgan fingerprint density at radius 1 is 1.56 bits per heavy atom. The predicted molar refractivity (Wildman–Crippen MR) is 61.1 cm³/mol. The van der Waals surface area contributed by atoms with E-state index in [0.717, 1.165) is 18.8 Å². The topological polar surface area (TPSA) is 63.8 Å². The van der Waals surface area contributed by atoms with Crippen LogP contribution in [0.5, 0.6) is 0 Å². The summed E-state index contributed by atoms with van der Waals surface area (Å²) < 4.78 is 5.79. The minimum atomic E-state index is -0.614. The molecule has 86 valence electrons. The minimum absolute atomic E-state index is 0.485. The molecule has 0 spiro atoms. The molecule has 0 radical (unpaired) electrons. The number of nitrogens with zero attached hydrogens (tertiary/aromatic N) is 4. The highest BCUT2D eigenvalue weighted by molar-refractivity contribution is 7.03. The van der Waals surface area contributed by atoms with Crippen molar-refractivity contribution in [1.29, 1.82) is 0 Å². The van der Waals surface area contributed by atoms with Crippen molar-refractivity contribution in [2.24, 2.45) is 0 Å². The van der Waals surface area contributed by atoms with Gasteiger partial charge in [0.2, 0.25) is 0 Å². The van der Waals surface area contributed by atoms with Crippen molar-refractivity contribution in [1.82, 2.24) is 19.1 Å². The van der Waals surface area contributed by atoms with Gasteiger partial charge in [-0.25, -0.2) is 4.98 Å². The molecule has 2 aromatic rings. The molecular weight excluding hydrogens is 224 g/mol. The number of imidazole rings is 1. The first-order chi connectivity index (χ1) is 7.81. The van der Waals surface area contributed by atoms with Gasteiger partial charge in [-0.1, -0.05) is 11.4 Å². The number of aryl methyl sites for hydroxylation is 1. The van der Waals surface area contributed by atoms with Crippen LogP contribution in [-0.4, -0.2) is 24.2 Å². The summed E-state index contributed by atoms with van der Waals surface area (Å²) in [5.41, 5.74) is 0.621. The molecule has 16 heavy (non-hydrogen) atoms. The normalized spacial score (nSPS) is 12.9. The highest BCUT2D eigenvalue weighted by atomic mass is 32.1. The van der Waals surface area contributed by atoms with E-state index < -0.39 is 6.10 Å². The molecule has 0 aliphatic heterocycles. The Labute approximate surface area is 97.9 Å². The van der Waals surface area contributed by atoms with E-state index in [2.05, 4.69) is 26.1 Å². The van der Waals surface area contributed by atoms with Crippen LogP contribution < -0.4 is 0 Å². The number of rotatable bonds is 5. The van der Waals surface area contributed by atoms with Crippen molar-refractivity contribution in [3.8, 4) is 0 Å². The molecule has 0 bridgehead atoms. The molecular formula is C10H14N4OS. The van der Waals surface area contributed by atoms with Gasteiger partial charge in [-0.3, -0.25) is 0 Å². The molecule has 0 aromatic carbocycles. The third-order valence-electron chi connectivity index (χ3n) is 2.36. The third kappa shape index (κ3) is 2.45.